The van der Waals surface area contributed by atoms with Gasteiger partial charge in [-0.3, -0.25) is 29.2 Å². The highest BCUT2D eigenvalue weighted by molar-refractivity contribution is 6.12. The Hall–Kier alpha value is -4.73. The van der Waals surface area contributed by atoms with E-state index in [2.05, 4.69) is 10.3 Å². The molecule has 1 N–H and O–H groups in total. The number of aromatic nitrogens is 1. The van der Waals surface area contributed by atoms with Gasteiger partial charge >= 0.3 is 12.1 Å². The molecule has 0 spiro atoms. The van der Waals surface area contributed by atoms with E-state index in [1.165, 1.54) is 11.9 Å². The Morgan fingerprint density at radius 2 is 1.66 bits per heavy atom. The van der Waals surface area contributed by atoms with Gasteiger partial charge in [0.05, 0.1) is 0 Å². The third-order valence-corrected chi connectivity index (χ3v) is 6.97. The Labute approximate surface area is 220 Å². The lowest BCUT2D eigenvalue weighted by Gasteiger charge is -2.22. The summed E-state index contributed by atoms with van der Waals surface area (Å²) in [4.78, 5) is 60.3. The zero-order valence-electron chi connectivity index (χ0n) is 21.5. The van der Waals surface area contributed by atoms with Gasteiger partial charge in [-0.25, -0.2) is 14.6 Å². The number of carbonyl (C=O) groups is 4. The lowest BCUT2D eigenvalue weighted by molar-refractivity contribution is -0.123. The molecule has 1 aromatic heterocycles. The lowest BCUT2D eigenvalue weighted by atomic mass is 9.98. The number of amides is 6. The van der Waals surface area contributed by atoms with E-state index in [1.54, 1.807) is 41.2 Å². The van der Waals surface area contributed by atoms with Crippen LogP contribution in [0.5, 0.6) is 0 Å². The molecule has 2 fully saturated rings. The molecule has 0 unspecified atom stereocenters. The monoisotopic (exact) mass is 512 g/mol. The number of pyridine rings is 1. The molecule has 2 aliphatic rings. The van der Waals surface area contributed by atoms with E-state index >= 15 is 0 Å². The zero-order chi connectivity index (χ0) is 27.0. The van der Waals surface area contributed by atoms with Crippen molar-refractivity contribution < 1.29 is 19.2 Å². The molecule has 2 saturated heterocycles. The van der Waals surface area contributed by atoms with Crippen molar-refractivity contribution in [1.29, 1.82) is 0 Å². The van der Waals surface area contributed by atoms with Crippen LogP contribution < -0.4 is 20.0 Å². The van der Waals surface area contributed by atoms with Gasteiger partial charge in [0.1, 0.15) is 12.4 Å². The van der Waals surface area contributed by atoms with Crippen LogP contribution in [-0.2, 0) is 11.2 Å². The van der Waals surface area contributed by atoms with Gasteiger partial charge in [0, 0.05) is 55.9 Å². The minimum Gasteiger partial charge on any atom is -0.355 e. The Morgan fingerprint density at radius 1 is 0.921 bits per heavy atom. The van der Waals surface area contributed by atoms with E-state index in [-0.39, 0.29) is 30.4 Å². The first kappa shape index (κ1) is 24.9. The standard InChI is InChI=1S/C28H28N6O4/c1-4-22-23(18-8-10-20(11-9-18)34-17-24(35)31(3)27(34)37)12-13-30-25(22)33-15-14-32(28(33)38)21-7-5-6-19(16-21)26(36)29-2/h5-13,16H,4,14-15,17H2,1-3H3,(H,29,36). The summed E-state index contributed by atoms with van der Waals surface area (Å²) < 4.78 is 0. The molecular weight excluding hydrogens is 484 g/mol. The van der Waals surface area contributed by atoms with Crippen LogP contribution in [0.2, 0.25) is 0 Å². The summed E-state index contributed by atoms with van der Waals surface area (Å²) in [5, 5.41) is 2.61. The molecule has 5 rings (SSSR count). The third kappa shape index (κ3) is 4.23. The van der Waals surface area contributed by atoms with Crippen LogP contribution in [0.3, 0.4) is 0 Å². The van der Waals surface area contributed by atoms with Crippen LogP contribution in [0.15, 0.2) is 60.8 Å². The quantitative estimate of drug-likeness (QED) is 0.509. The van der Waals surface area contributed by atoms with Crippen LogP contribution in [0.1, 0.15) is 22.8 Å². The highest BCUT2D eigenvalue weighted by Gasteiger charge is 2.35. The number of hydrogen-bond donors (Lipinski definition) is 1. The minimum absolute atomic E-state index is 0.0217. The molecular formula is C28H28N6O4. The first-order valence-electron chi connectivity index (χ1n) is 12.4. The van der Waals surface area contributed by atoms with Crippen molar-refractivity contribution in [3.8, 4) is 11.1 Å². The summed E-state index contributed by atoms with van der Waals surface area (Å²) in [5.74, 6) is 0.151. The third-order valence-electron chi connectivity index (χ3n) is 6.97. The Kier molecular flexibility index (Phi) is 6.54. The summed E-state index contributed by atoms with van der Waals surface area (Å²) in [7, 11) is 3.05. The average Bonchev–Trinajstić information content (AvgIpc) is 3.46. The second-order valence-corrected chi connectivity index (χ2v) is 9.10. The van der Waals surface area contributed by atoms with E-state index in [4.69, 9.17) is 0 Å². The lowest BCUT2D eigenvalue weighted by Crippen LogP contribution is -2.33. The van der Waals surface area contributed by atoms with Gasteiger partial charge in [-0.2, -0.15) is 0 Å². The molecule has 0 aliphatic carbocycles. The van der Waals surface area contributed by atoms with E-state index in [0.29, 0.717) is 42.3 Å². The molecule has 6 amide bonds. The number of imide groups is 1. The smallest absolute Gasteiger partial charge is 0.331 e. The van der Waals surface area contributed by atoms with Crippen molar-refractivity contribution in [3.63, 3.8) is 0 Å². The van der Waals surface area contributed by atoms with Crippen LogP contribution in [0.4, 0.5) is 26.8 Å². The fourth-order valence-electron chi connectivity index (χ4n) is 4.88. The van der Waals surface area contributed by atoms with Crippen molar-refractivity contribution in [2.45, 2.75) is 13.3 Å². The van der Waals surface area contributed by atoms with Crippen molar-refractivity contribution in [3.05, 3.63) is 71.9 Å². The summed E-state index contributed by atoms with van der Waals surface area (Å²) in [6.07, 6.45) is 2.34. The van der Waals surface area contributed by atoms with Gasteiger partial charge in [-0.1, -0.05) is 25.1 Å². The normalized spacial score (nSPS) is 15.6. The molecule has 3 aromatic rings. The first-order chi connectivity index (χ1) is 18.3. The van der Waals surface area contributed by atoms with Gasteiger partial charge in [-0.05, 0) is 53.9 Å². The van der Waals surface area contributed by atoms with Crippen molar-refractivity contribution in [2.75, 3.05) is 48.4 Å². The van der Waals surface area contributed by atoms with Crippen molar-refractivity contribution in [2.24, 2.45) is 0 Å². The first-order valence-corrected chi connectivity index (χ1v) is 12.4. The van der Waals surface area contributed by atoms with Crippen LogP contribution in [-0.4, -0.2) is 67.5 Å². The molecule has 2 aromatic carbocycles. The molecule has 194 valence electrons. The molecule has 0 radical (unpaired) electrons. The fraction of sp³-hybridized carbons (Fsp3) is 0.250. The summed E-state index contributed by atoms with van der Waals surface area (Å²) in [5.41, 5.74) is 4.58. The van der Waals surface area contributed by atoms with E-state index in [9.17, 15) is 19.2 Å². The number of nitrogens with one attached hydrogen (secondary N) is 1. The Morgan fingerprint density at radius 3 is 2.32 bits per heavy atom. The van der Waals surface area contributed by atoms with E-state index in [1.807, 2.05) is 43.3 Å². The molecule has 0 bridgehead atoms. The van der Waals surface area contributed by atoms with Crippen LogP contribution >= 0.6 is 0 Å². The number of rotatable bonds is 6. The fourth-order valence-corrected chi connectivity index (χ4v) is 4.88. The van der Waals surface area contributed by atoms with Gasteiger partial charge in [-0.15, -0.1) is 0 Å². The van der Waals surface area contributed by atoms with Gasteiger partial charge in [0.2, 0.25) is 5.91 Å². The topological polar surface area (TPSA) is 106 Å². The number of urea groups is 2. The second kappa shape index (κ2) is 9.97. The average molecular weight is 513 g/mol. The number of likely N-dealkylation sites (N-methyl/N-ethyl adjacent to an activating group) is 1. The maximum absolute atomic E-state index is 13.5. The number of benzene rings is 2. The van der Waals surface area contributed by atoms with Crippen LogP contribution in [0.25, 0.3) is 11.1 Å². The van der Waals surface area contributed by atoms with Gasteiger partial charge in [0.15, 0.2) is 0 Å². The summed E-state index contributed by atoms with van der Waals surface area (Å²) in [6.45, 7) is 2.97. The number of nitrogens with zero attached hydrogens (tertiary/aromatic N) is 5. The highest BCUT2D eigenvalue weighted by atomic mass is 16.2. The number of hydrogen-bond acceptors (Lipinski definition) is 5. The summed E-state index contributed by atoms with van der Waals surface area (Å²) in [6, 6.07) is 15.8. The minimum atomic E-state index is -0.346. The molecule has 0 saturated carbocycles. The largest absolute Gasteiger partial charge is 0.355 e. The SMILES string of the molecule is CCc1c(-c2ccc(N3CC(=O)N(C)C3=O)cc2)ccnc1N1CCN(c2cccc(C(=O)NC)c2)C1=O. The predicted octanol–water partition coefficient (Wildman–Crippen LogP) is 3.52. The van der Waals surface area contributed by atoms with Crippen molar-refractivity contribution >= 4 is 41.1 Å². The summed E-state index contributed by atoms with van der Waals surface area (Å²) >= 11 is 0. The van der Waals surface area contributed by atoms with Crippen LogP contribution in [0, 0.1) is 0 Å². The molecule has 10 heteroatoms. The number of carbonyl (C=O) groups excluding carboxylic acids is 4. The van der Waals surface area contributed by atoms with E-state index in [0.717, 1.165) is 21.6 Å². The maximum Gasteiger partial charge on any atom is 0.331 e. The zero-order valence-corrected chi connectivity index (χ0v) is 21.5. The molecule has 0 atom stereocenters. The molecule has 38 heavy (non-hydrogen) atoms. The molecule has 2 aliphatic heterocycles. The van der Waals surface area contributed by atoms with Gasteiger partial charge < -0.3 is 5.32 Å². The maximum atomic E-state index is 13.5. The second-order valence-electron chi connectivity index (χ2n) is 9.10. The molecule has 3 heterocycles. The Balaban J connectivity index is 1.42. The number of anilines is 3. The van der Waals surface area contributed by atoms with Gasteiger partial charge in [0.25, 0.3) is 5.91 Å². The Bertz CT molecular complexity index is 1440. The highest BCUT2D eigenvalue weighted by Crippen LogP contribution is 2.34. The van der Waals surface area contributed by atoms with Crippen molar-refractivity contribution in [1.82, 2.24) is 15.2 Å². The predicted molar refractivity (Wildman–Crippen MR) is 144 cm³/mol. The molecule has 10 nitrogen and oxygen atoms in total. The van der Waals surface area contributed by atoms with E-state index < -0.39 is 0 Å².